The highest BCUT2D eigenvalue weighted by molar-refractivity contribution is 5.81. The lowest BCUT2D eigenvalue weighted by molar-refractivity contribution is -0.133. The molecule has 0 aromatic heterocycles. The number of hydrogen-bond acceptors (Lipinski definition) is 3. The summed E-state index contributed by atoms with van der Waals surface area (Å²) in [6, 6.07) is 9.52. The van der Waals surface area contributed by atoms with Crippen molar-refractivity contribution in [3.05, 3.63) is 35.9 Å². The molecule has 2 rings (SSSR count). The minimum atomic E-state index is -0.792. The molecule has 0 unspecified atom stereocenters. The summed E-state index contributed by atoms with van der Waals surface area (Å²) in [6.45, 7) is 4.10. The average Bonchev–Trinajstić information content (AvgIpc) is 2.56. The summed E-state index contributed by atoms with van der Waals surface area (Å²) in [7, 11) is 3.57. The van der Waals surface area contributed by atoms with Crippen molar-refractivity contribution in [3.8, 4) is 0 Å². The predicted molar refractivity (Wildman–Crippen MR) is 97.7 cm³/mol. The zero-order valence-corrected chi connectivity index (χ0v) is 15.5. The van der Waals surface area contributed by atoms with Gasteiger partial charge in [0.15, 0.2) is 0 Å². The second-order valence-electron chi connectivity index (χ2n) is 7.63. The Balaban J connectivity index is 2.33. The highest BCUT2D eigenvalue weighted by Crippen LogP contribution is 2.39. The molecule has 1 aromatic rings. The van der Waals surface area contributed by atoms with Gasteiger partial charge in [-0.2, -0.15) is 0 Å². The number of rotatable bonds is 6. The van der Waals surface area contributed by atoms with Gasteiger partial charge in [-0.15, -0.1) is 0 Å². The standard InChI is InChI=1S/C20H32N2O2/c1-15(2)17(19(23)22(3)4)21-18(16-11-7-5-8-12-16)20(24)13-9-6-10-14-20/h5,7-8,11-12,15,17-18,21,24H,6,9-10,13-14H2,1-4H3/t17-,18+/m0/s1. The van der Waals surface area contributed by atoms with Crippen LogP contribution in [0.4, 0.5) is 0 Å². The van der Waals surface area contributed by atoms with Gasteiger partial charge < -0.3 is 10.0 Å². The Bertz CT molecular complexity index is 522. The largest absolute Gasteiger partial charge is 0.388 e. The Hall–Kier alpha value is -1.39. The number of carbonyl (C=O) groups excluding carboxylic acids is 1. The number of aliphatic hydroxyl groups is 1. The molecular formula is C20H32N2O2. The van der Waals surface area contributed by atoms with Crippen LogP contribution in [-0.2, 0) is 4.79 Å². The first-order valence-corrected chi connectivity index (χ1v) is 9.09. The topological polar surface area (TPSA) is 52.6 Å². The third-order valence-corrected chi connectivity index (χ3v) is 5.11. The predicted octanol–water partition coefficient (Wildman–Crippen LogP) is 3.13. The van der Waals surface area contributed by atoms with Crippen molar-refractivity contribution in [2.45, 2.75) is 63.6 Å². The van der Waals surface area contributed by atoms with Crippen LogP contribution in [0.1, 0.15) is 57.6 Å². The molecule has 0 saturated heterocycles. The van der Waals surface area contributed by atoms with Crippen molar-refractivity contribution < 1.29 is 9.90 Å². The molecule has 1 saturated carbocycles. The SMILES string of the molecule is CC(C)[C@H](N[C@H](c1ccccc1)C1(O)CCCCC1)C(=O)N(C)C. The number of benzene rings is 1. The van der Waals surface area contributed by atoms with E-state index < -0.39 is 5.60 Å². The molecule has 0 spiro atoms. The van der Waals surface area contributed by atoms with Gasteiger partial charge in [0, 0.05) is 14.1 Å². The maximum absolute atomic E-state index is 12.6. The quantitative estimate of drug-likeness (QED) is 0.841. The van der Waals surface area contributed by atoms with E-state index in [0.29, 0.717) is 0 Å². The first-order chi connectivity index (χ1) is 11.3. The molecule has 1 amide bonds. The van der Waals surface area contributed by atoms with Gasteiger partial charge in [0.05, 0.1) is 17.7 Å². The van der Waals surface area contributed by atoms with Crippen LogP contribution in [0.15, 0.2) is 30.3 Å². The monoisotopic (exact) mass is 332 g/mol. The van der Waals surface area contributed by atoms with Crippen molar-refractivity contribution in [2.75, 3.05) is 14.1 Å². The molecule has 0 aliphatic heterocycles. The Morgan fingerprint density at radius 2 is 1.71 bits per heavy atom. The normalized spacial score (nSPS) is 19.8. The van der Waals surface area contributed by atoms with Crippen molar-refractivity contribution in [3.63, 3.8) is 0 Å². The summed E-state index contributed by atoms with van der Waals surface area (Å²) >= 11 is 0. The van der Waals surface area contributed by atoms with Crippen molar-refractivity contribution >= 4 is 5.91 Å². The summed E-state index contributed by atoms with van der Waals surface area (Å²) in [6.07, 6.45) is 4.81. The number of amides is 1. The van der Waals surface area contributed by atoms with Crippen LogP contribution in [0.3, 0.4) is 0 Å². The molecule has 1 aromatic carbocycles. The molecule has 2 atom stereocenters. The van der Waals surface area contributed by atoms with E-state index >= 15 is 0 Å². The van der Waals surface area contributed by atoms with Crippen LogP contribution < -0.4 is 5.32 Å². The number of carbonyl (C=O) groups is 1. The molecule has 1 fully saturated rings. The number of hydrogen-bond donors (Lipinski definition) is 2. The molecule has 0 bridgehead atoms. The highest BCUT2D eigenvalue weighted by Gasteiger charge is 2.41. The van der Waals surface area contributed by atoms with E-state index in [0.717, 1.165) is 31.2 Å². The lowest BCUT2D eigenvalue weighted by Crippen LogP contribution is -2.54. The van der Waals surface area contributed by atoms with Gasteiger partial charge in [-0.25, -0.2) is 0 Å². The maximum atomic E-state index is 12.6. The third kappa shape index (κ3) is 4.37. The average molecular weight is 332 g/mol. The van der Waals surface area contributed by atoms with E-state index in [2.05, 4.69) is 5.32 Å². The lowest BCUT2D eigenvalue weighted by atomic mass is 9.76. The first-order valence-electron chi connectivity index (χ1n) is 9.09. The van der Waals surface area contributed by atoms with E-state index in [-0.39, 0.29) is 23.9 Å². The number of likely N-dealkylation sites (N-methyl/N-ethyl adjacent to an activating group) is 1. The van der Waals surface area contributed by atoms with Crippen LogP contribution in [0.2, 0.25) is 0 Å². The van der Waals surface area contributed by atoms with Gasteiger partial charge in [0.2, 0.25) is 5.91 Å². The second kappa shape index (κ2) is 8.13. The zero-order valence-electron chi connectivity index (χ0n) is 15.5. The minimum absolute atomic E-state index is 0.0605. The molecule has 24 heavy (non-hydrogen) atoms. The Morgan fingerprint density at radius 1 is 1.12 bits per heavy atom. The fraction of sp³-hybridized carbons (Fsp3) is 0.650. The van der Waals surface area contributed by atoms with E-state index in [4.69, 9.17) is 0 Å². The van der Waals surface area contributed by atoms with Gasteiger partial charge >= 0.3 is 0 Å². The molecule has 4 heteroatoms. The van der Waals surface area contributed by atoms with Gasteiger partial charge in [-0.05, 0) is 24.3 Å². The Labute approximate surface area is 146 Å². The van der Waals surface area contributed by atoms with Crippen LogP contribution in [0, 0.1) is 5.92 Å². The number of nitrogens with one attached hydrogen (secondary N) is 1. The van der Waals surface area contributed by atoms with Crippen LogP contribution in [0.25, 0.3) is 0 Å². The molecule has 134 valence electrons. The Kier molecular flexibility index (Phi) is 6.41. The van der Waals surface area contributed by atoms with Crippen molar-refractivity contribution in [1.29, 1.82) is 0 Å². The van der Waals surface area contributed by atoms with E-state index in [1.807, 2.05) is 44.2 Å². The second-order valence-corrected chi connectivity index (χ2v) is 7.63. The molecule has 1 aliphatic rings. The highest BCUT2D eigenvalue weighted by atomic mass is 16.3. The maximum Gasteiger partial charge on any atom is 0.239 e. The van der Waals surface area contributed by atoms with E-state index in [1.54, 1.807) is 19.0 Å². The molecule has 4 nitrogen and oxygen atoms in total. The van der Waals surface area contributed by atoms with E-state index in [1.165, 1.54) is 6.42 Å². The molecule has 1 aliphatic carbocycles. The molecule has 0 heterocycles. The van der Waals surface area contributed by atoms with Crippen LogP contribution in [0.5, 0.6) is 0 Å². The number of nitrogens with zero attached hydrogens (tertiary/aromatic N) is 1. The molecule has 2 N–H and O–H groups in total. The fourth-order valence-electron chi connectivity index (χ4n) is 3.67. The van der Waals surface area contributed by atoms with Gasteiger partial charge in [-0.1, -0.05) is 63.4 Å². The summed E-state index contributed by atoms with van der Waals surface area (Å²) < 4.78 is 0. The Morgan fingerprint density at radius 3 is 2.21 bits per heavy atom. The van der Waals surface area contributed by atoms with Crippen molar-refractivity contribution in [2.24, 2.45) is 5.92 Å². The van der Waals surface area contributed by atoms with Gasteiger partial charge in [0.25, 0.3) is 0 Å². The minimum Gasteiger partial charge on any atom is -0.388 e. The summed E-state index contributed by atoms with van der Waals surface area (Å²) in [5, 5.41) is 14.9. The van der Waals surface area contributed by atoms with Crippen LogP contribution >= 0.6 is 0 Å². The van der Waals surface area contributed by atoms with Crippen LogP contribution in [-0.4, -0.2) is 41.7 Å². The zero-order chi connectivity index (χ0) is 17.7. The lowest BCUT2D eigenvalue weighted by Gasteiger charge is -2.42. The smallest absolute Gasteiger partial charge is 0.239 e. The molecular weight excluding hydrogens is 300 g/mol. The van der Waals surface area contributed by atoms with Gasteiger partial charge in [0.1, 0.15) is 0 Å². The summed E-state index contributed by atoms with van der Waals surface area (Å²) in [4.78, 5) is 14.2. The van der Waals surface area contributed by atoms with E-state index in [9.17, 15) is 9.90 Å². The molecule has 0 radical (unpaired) electrons. The van der Waals surface area contributed by atoms with Crippen molar-refractivity contribution in [1.82, 2.24) is 10.2 Å². The third-order valence-electron chi connectivity index (χ3n) is 5.11. The van der Waals surface area contributed by atoms with Gasteiger partial charge in [-0.3, -0.25) is 10.1 Å². The summed E-state index contributed by atoms with van der Waals surface area (Å²) in [5.41, 5.74) is 0.262. The summed E-state index contributed by atoms with van der Waals surface area (Å²) in [5.74, 6) is 0.212. The fourth-order valence-corrected chi connectivity index (χ4v) is 3.67. The first kappa shape index (κ1) is 18.9.